The normalized spacial score (nSPS) is 10.8. The van der Waals surface area contributed by atoms with Crippen molar-refractivity contribution in [2.75, 3.05) is 0 Å². The van der Waals surface area contributed by atoms with Crippen molar-refractivity contribution in [3.63, 3.8) is 0 Å². The quantitative estimate of drug-likeness (QED) is 0.604. The van der Waals surface area contributed by atoms with Gasteiger partial charge in [0.15, 0.2) is 0 Å². The number of rotatable bonds is 3. The number of halogens is 3. The molecule has 3 rings (SSSR count). The van der Waals surface area contributed by atoms with E-state index in [9.17, 15) is 0 Å². The zero-order chi connectivity index (χ0) is 14.8. The molecule has 21 heavy (non-hydrogen) atoms. The molecule has 0 bridgehead atoms. The number of hydrogen-bond acceptors (Lipinski definition) is 2. The third-order valence-electron chi connectivity index (χ3n) is 3.02. The van der Waals surface area contributed by atoms with Crippen LogP contribution in [-0.4, -0.2) is 4.98 Å². The lowest BCUT2D eigenvalue weighted by Crippen LogP contribution is -1.96. The van der Waals surface area contributed by atoms with E-state index in [4.69, 9.17) is 39.5 Å². The molecule has 0 atom stereocenters. The van der Waals surface area contributed by atoms with Crippen LogP contribution in [-0.2, 0) is 6.61 Å². The summed E-state index contributed by atoms with van der Waals surface area (Å²) in [4.78, 5) is 4.24. The van der Waals surface area contributed by atoms with Gasteiger partial charge in [-0.25, -0.2) is 0 Å². The van der Waals surface area contributed by atoms with Gasteiger partial charge in [-0.2, -0.15) is 0 Å². The average molecular weight is 339 g/mol. The molecule has 0 radical (unpaired) electrons. The minimum Gasteiger partial charge on any atom is -0.489 e. The molecule has 0 spiro atoms. The summed E-state index contributed by atoms with van der Waals surface area (Å²) < 4.78 is 5.71. The van der Waals surface area contributed by atoms with E-state index in [1.54, 1.807) is 18.3 Å². The molecular weight excluding hydrogens is 329 g/mol. The molecule has 0 aliphatic rings. The molecule has 0 unspecified atom stereocenters. The lowest BCUT2D eigenvalue weighted by atomic mass is 10.1. The van der Waals surface area contributed by atoms with Crippen molar-refractivity contribution in [3.8, 4) is 5.75 Å². The number of hydrogen-bond donors (Lipinski definition) is 0. The van der Waals surface area contributed by atoms with Crippen molar-refractivity contribution < 1.29 is 4.74 Å². The largest absolute Gasteiger partial charge is 0.489 e. The highest BCUT2D eigenvalue weighted by atomic mass is 35.5. The van der Waals surface area contributed by atoms with E-state index in [-0.39, 0.29) is 0 Å². The Morgan fingerprint density at radius 1 is 0.905 bits per heavy atom. The van der Waals surface area contributed by atoms with Crippen LogP contribution in [0.5, 0.6) is 5.75 Å². The lowest BCUT2D eigenvalue weighted by molar-refractivity contribution is 0.306. The minimum atomic E-state index is 0.364. The van der Waals surface area contributed by atoms with Gasteiger partial charge in [0.1, 0.15) is 12.4 Å². The molecule has 3 aromatic rings. The number of benzene rings is 2. The predicted octanol–water partition coefficient (Wildman–Crippen LogP) is 5.77. The Hall–Kier alpha value is -1.48. The van der Waals surface area contributed by atoms with Crippen molar-refractivity contribution in [1.29, 1.82) is 0 Å². The Bertz CT molecular complexity index is 787. The van der Waals surface area contributed by atoms with Crippen LogP contribution in [0.3, 0.4) is 0 Å². The number of aromatic nitrogens is 1. The summed E-state index contributed by atoms with van der Waals surface area (Å²) in [6.07, 6.45) is 1.60. The van der Waals surface area contributed by atoms with Crippen LogP contribution in [0.4, 0.5) is 0 Å². The van der Waals surface area contributed by atoms with Gasteiger partial charge in [0, 0.05) is 27.2 Å². The summed E-state index contributed by atoms with van der Waals surface area (Å²) in [5, 5.41) is 2.81. The fourth-order valence-electron chi connectivity index (χ4n) is 1.97. The minimum absolute atomic E-state index is 0.364. The monoisotopic (exact) mass is 337 g/mol. The second-order valence-electron chi connectivity index (χ2n) is 4.53. The Morgan fingerprint density at radius 2 is 1.67 bits per heavy atom. The van der Waals surface area contributed by atoms with Gasteiger partial charge in [-0.05, 0) is 42.5 Å². The fourth-order valence-corrected chi connectivity index (χ4v) is 2.48. The Kier molecular flexibility index (Phi) is 4.20. The molecule has 106 valence electrons. The SMILES string of the molecule is Clc1ccc(OCc2cc3cc(Cl)cnc3cc2Cl)cc1. The van der Waals surface area contributed by atoms with E-state index in [0.717, 1.165) is 22.2 Å². The Morgan fingerprint density at radius 3 is 2.43 bits per heavy atom. The van der Waals surface area contributed by atoms with Crippen LogP contribution in [0.1, 0.15) is 5.56 Å². The van der Waals surface area contributed by atoms with Crippen LogP contribution >= 0.6 is 34.8 Å². The van der Waals surface area contributed by atoms with Crippen molar-refractivity contribution in [1.82, 2.24) is 4.98 Å². The third kappa shape index (κ3) is 3.41. The molecule has 0 saturated carbocycles. The summed E-state index contributed by atoms with van der Waals surface area (Å²) in [6, 6.07) is 12.8. The third-order valence-corrected chi connectivity index (χ3v) is 3.83. The maximum Gasteiger partial charge on any atom is 0.119 e. The van der Waals surface area contributed by atoms with Crippen molar-refractivity contribution in [2.45, 2.75) is 6.61 Å². The van der Waals surface area contributed by atoms with E-state index in [1.807, 2.05) is 30.3 Å². The maximum atomic E-state index is 6.26. The van der Waals surface area contributed by atoms with Crippen molar-refractivity contribution >= 4 is 45.7 Å². The first-order valence-electron chi connectivity index (χ1n) is 6.24. The number of nitrogens with zero attached hydrogens (tertiary/aromatic N) is 1. The molecule has 2 aromatic carbocycles. The maximum absolute atomic E-state index is 6.26. The molecule has 0 aliphatic heterocycles. The summed E-state index contributed by atoms with van der Waals surface area (Å²) >= 11 is 18.1. The van der Waals surface area contributed by atoms with Gasteiger partial charge in [0.2, 0.25) is 0 Å². The lowest BCUT2D eigenvalue weighted by Gasteiger charge is -2.09. The second kappa shape index (κ2) is 6.10. The molecule has 1 aromatic heterocycles. The van der Waals surface area contributed by atoms with E-state index in [1.165, 1.54) is 0 Å². The fraction of sp³-hybridized carbons (Fsp3) is 0.0625. The predicted molar refractivity (Wildman–Crippen MR) is 87.5 cm³/mol. The van der Waals surface area contributed by atoms with Gasteiger partial charge in [-0.3, -0.25) is 4.98 Å². The van der Waals surface area contributed by atoms with Gasteiger partial charge in [0.05, 0.1) is 10.5 Å². The summed E-state index contributed by atoms with van der Waals surface area (Å²) in [7, 11) is 0. The van der Waals surface area contributed by atoms with Gasteiger partial charge in [-0.1, -0.05) is 34.8 Å². The highest BCUT2D eigenvalue weighted by molar-refractivity contribution is 6.32. The zero-order valence-electron chi connectivity index (χ0n) is 10.8. The van der Waals surface area contributed by atoms with Gasteiger partial charge < -0.3 is 4.74 Å². The van der Waals surface area contributed by atoms with Crippen molar-refractivity contribution in [2.24, 2.45) is 0 Å². The highest BCUT2D eigenvalue weighted by Gasteiger charge is 2.06. The van der Waals surface area contributed by atoms with Crippen LogP contribution in [0.25, 0.3) is 10.9 Å². The molecule has 0 saturated heterocycles. The van der Waals surface area contributed by atoms with Crippen molar-refractivity contribution in [3.05, 3.63) is 69.3 Å². The first-order chi connectivity index (χ1) is 10.1. The van der Waals surface area contributed by atoms with Gasteiger partial charge >= 0.3 is 0 Å². The number of pyridine rings is 1. The summed E-state index contributed by atoms with van der Waals surface area (Å²) in [5.74, 6) is 0.736. The van der Waals surface area contributed by atoms with Crippen LogP contribution in [0, 0.1) is 0 Å². The van der Waals surface area contributed by atoms with E-state index < -0.39 is 0 Å². The summed E-state index contributed by atoms with van der Waals surface area (Å²) in [5.41, 5.74) is 1.68. The first-order valence-corrected chi connectivity index (χ1v) is 7.37. The molecule has 0 amide bonds. The van der Waals surface area contributed by atoms with E-state index in [0.29, 0.717) is 21.7 Å². The topological polar surface area (TPSA) is 22.1 Å². The molecule has 0 aliphatic carbocycles. The number of fused-ring (bicyclic) bond motifs is 1. The molecular formula is C16H10Cl3NO. The van der Waals surface area contributed by atoms with Crippen LogP contribution in [0.15, 0.2) is 48.7 Å². The van der Waals surface area contributed by atoms with E-state index in [2.05, 4.69) is 4.98 Å². The average Bonchev–Trinajstić information content (AvgIpc) is 2.47. The Labute approximate surface area is 137 Å². The standard InChI is InChI=1S/C16H10Cl3NO/c17-12-1-3-14(4-2-12)21-9-11-5-10-6-13(18)8-20-16(10)7-15(11)19/h1-8H,9H2. The molecule has 0 N–H and O–H groups in total. The molecule has 5 heteroatoms. The van der Waals surface area contributed by atoms with Gasteiger partial charge in [-0.15, -0.1) is 0 Å². The summed E-state index contributed by atoms with van der Waals surface area (Å²) in [6.45, 7) is 0.364. The van der Waals surface area contributed by atoms with Crippen LogP contribution < -0.4 is 4.74 Å². The highest BCUT2D eigenvalue weighted by Crippen LogP contribution is 2.26. The van der Waals surface area contributed by atoms with E-state index >= 15 is 0 Å². The smallest absolute Gasteiger partial charge is 0.119 e. The molecule has 0 fully saturated rings. The van der Waals surface area contributed by atoms with Crippen LogP contribution in [0.2, 0.25) is 15.1 Å². The molecule has 1 heterocycles. The van der Waals surface area contributed by atoms with Gasteiger partial charge in [0.25, 0.3) is 0 Å². The second-order valence-corrected chi connectivity index (χ2v) is 5.81. The first kappa shape index (κ1) is 14.5. The Balaban J connectivity index is 1.86. The zero-order valence-corrected chi connectivity index (χ0v) is 13.1. The number of ether oxygens (including phenoxy) is 1. The molecule has 2 nitrogen and oxygen atoms in total.